The summed E-state index contributed by atoms with van der Waals surface area (Å²) in [6.07, 6.45) is 1.55. The number of hydrogen-bond acceptors (Lipinski definition) is 4. The highest BCUT2D eigenvalue weighted by molar-refractivity contribution is 7.92. The molecule has 2 aromatic rings. The predicted molar refractivity (Wildman–Crippen MR) is 84.3 cm³/mol. The van der Waals surface area contributed by atoms with Gasteiger partial charge in [-0.15, -0.1) is 0 Å². The van der Waals surface area contributed by atoms with Gasteiger partial charge < -0.3 is 4.90 Å². The monoisotopic (exact) mass is 339 g/mol. The Hall–Kier alpha value is -2.22. The molecule has 124 valence electrons. The number of amides is 1. The average molecular weight is 339 g/mol. The lowest BCUT2D eigenvalue weighted by Crippen LogP contribution is -2.37. The quantitative estimate of drug-likeness (QED) is 0.825. The van der Waals surface area contributed by atoms with Gasteiger partial charge in [-0.25, -0.2) is 17.5 Å². The Morgan fingerprint density at radius 2 is 2.04 bits per heavy atom. The number of aromatic nitrogens is 2. The van der Waals surface area contributed by atoms with E-state index in [1.54, 1.807) is 18.3 Å². The van der Waals surface area contributed by atoms with Crippen LogP contribution in [0.1, 0.15) is 12.6 Å². The molecule has 1 aromatic carbocycles. The van der Waals surface area contributed by atoms with Crippen molar-refractivity contribution in [3.63, 3.8) is 0 Å². The normalized spacial score (nSPS) is 12.9. The molecule has 0 unspecified atom stereocenters. The largest absolute Gasteiger partial charge is 0.348 e. The number of benzene rings is 1. The van der Waals surface area contributed by atoms with Gasteiger partial charge in [-0.3, -0.25) is 4.79 Å². The van der Waals surface area contributed by atoms with Crippen LogP contribution < -0.4 is 0 Å². The smallest absolute Gasteiger partial charge is 0.240 e. The highest BCUT2D eigenvalue weighted by Gasteiger charge is 2.30. The minimum atomic E-state index is -3.68. The fourth-order valence-corrected chi connectivity index (χ4v) is 3.38. The second-order valence-corrected chi connectivity index (χ2v) is 7.74. The molecule has 1 aromatic heterocycles. The van der Waals surface area contributed by atoms with Crippen molar-refractivity contribution < 1.29 is 17.6 Å². The lowest BCUT2D eigenvalue weighted by molar-refractivity contribution is -0.127. The van der Waals surface area contributed by atoms with Crippen LogP contribution in [0.2, 0.25) is 0 Å². The lowest BCUT2D eigenvalue weighted by Gasteiger charge is -2.16. The number of sulfone groups is 1. The number of carbonyl (C=O) groups is 1. The van der Waals surface area contributed by atoms with Crippen LogP contribution in [0.4, 0.5) is 4.39 Å². The summed E-state index contributed by atoms with van der Waals surface area (Å²) >= 11 is 0. The fourth-order valence-electron chi connectivity index (χ4n) is 2.05. The van der Waals surface area contributed by atoms with E-state index < -0.39 is 26.8 Å². The Labute approximate surface area is 134 Å². The van der Waals surface area contributed by atoms with E-state index in [0.717, 1.165) is 0 Å². The highest BCUT2D eigenvalue weighted by Crippen LogP contribution is 2.14. The fraction of sp³-hybridized carbons (Fsp3) is 0.333. The van der Waals surface area contributed by atoms with Crippen LogP contribution in [0, 0.1) is 5.82 Å². The number of hydrogen-bond donors (Lipinski definition) is 0. The van der Waals surface area contributed by atoms with Crippen molar-refractivity contribution in [1.82, 2.24) is 14.7 Å². The standard InChI is InChI=1S/C15H18FN3O3S/c1-11(15(20)18(2)3)23(21,22)10-13-7-8-19(17-13)14-6-4-5-12(16)9-14/h4-9,11H,10H2,1-3H3/t11-/m1/s1. The summed E-state index contributed by atoms with van der Waals surface area (Å²) in [6, 6.07) is 7.35. The van der Waals surface area contributed by atoms with Crippen molar-refractivity contribution in [2.45, 2.75) is 17.9 Å². The van der Waals surface area contributed by atoms with Gasteiger partial charge in [0.05, 0.1) is 17.1 Å². The Morgan fingerprint density at radius 3 is 2.65 bits per heavy atom. The topological polar surface area (TPSA) is 72.3 Å². The minimum absolute atomic E-state index is 0.299. The first-order valence-corrected chi connectivity index (χ1v) is 8.65. The van der Waals surface area contributed by atoms with Crippen molar-refractivity contribution in [3.8, 4) is 5.69 Å². The molecule has 1 heterocycles. The first-order valence-electron chi connectivity index (χ1n) is 6.94. The molecular weight excluding hydrogens is 321 g/mol. The molecule has 0 aliphatic carbocycles. The van der Waals surface area contributed by atoms with Crippen molar-refractivity contribution in [2.24, 2.45) is 0 Å². The third kappa shape index (κ3) is 3.95. The van der Waals surface area contributed by atoms with Crippen molar-refractivity contribution >= 4 is 15.7 Å². The molecule has 2 rings (SSSR count). The molecule has 0 spiro atoms. The highest BCUT2D eigenvalue weighted by atomic mass is 32.2. The molecule has 1 atom stereocenters. The van der Waals surface area contributed by atoms with Gasteiger partial charge in [-0.2, -0.15) is 5.10 Å². The van der Waals surface area contributed by atoms with Crippen LogP contribution in [0.25, 0.3) is 5.69 Å². The van der Waals surface area contributed by atoms with E-state index in [0.29, 0.717) is 11.4 Å². The molecule has 0 saturated carbocycles. The number of nitrogens with zero attached hydrogens (tertiary/aromatic N) is 3. The van der Waals surface area contributed by atoms with Crippen molar-refractivity contribution in [3.05, 3.63) is 48.0 Å². The van der Waals surface area contributed by atoms with Gasteiger partial charge >= 0.3 is 0 Å². The van der Waals surface area contributed by atoms with E-state index in [-0.39, 0.29) is 5.75 Å². The number of halogens is 1. The maximum absolute atomic E-state index is 13.2. The summed E-state index contributed by atoms with van der Waals surface area (Å²) < 4.78 is 39.2. The Bertz CT molecular complexity index is 815. The molecule has 0 N–H and O–H groups in total. The second-order valence-electron chi connectivity index (χ2n) is 5.41. The molecule has 8 heteroatoms. The third-order valence-electron chi connectivity index (χ3n) is 3.39. The summed E-state index contributed by atoms with van der Waals surface area (Å²) in [7, 11) is -0.662. The number of carbonyl (C=O) groups excluding carboxylic acids is 1. The molecule has 1 amide bonds. The van der Waals surface area contributed by atoms with Crippen LogP contribution in [-0.4, -0.2) is 48.4 Å². The van der Waals surface area contributed by atoms with E-state index >= 15 is 0 Å². The van der Waals surface area contributed by atoms with Crippen LogP contribution in [0.3, 0.4) is 0 Å². The molecule has 0 fully saturated rings. The Balaban J connectivity index is 2.20. The molecule has 0 aliphatic heterocycles. The predicted octanol–water partition coefficient (Wildman–Crippen LogP) is 1.40. The van der Waals surface area contributed by atoms with Gasteiger partial charge in [0.1, 0.15) is 11.1 Å². The molecule has 0 saturated heterocycles. The van der Waals surface area contributed by atoms with Crippen LogP contribution in [0.15, 0.2) is 36.5 Å². The van der Waals surface area contributed by atoms with E-state index in [1.807, 2.05) is 0 Å². The third-order valence-corrected chi connectivity index (χ3v) is 5.37. The number of rotatable bonds is 5. The van der Waals surface area contributed by atoms with Crippen LogP contribution in [0.5, 0.6) is 0 Å². The Morgan fingerprint density at radius 1 is 1.35 bits per heavy atom. The van der Waals surface area contributed by atoms with Crippen LogP contribution in [-0.2, 0) is 20.4 Å². The van der Waals surface area contributed by atoms with Crippen LogP contribution >= 0.6 is 0 Å². The van der Waals surface area contributed by atoms with Crippen molar-refractivity contribution in [2.75, 3.05) is 14.1 Å². The van der Waals surface area contributed by atoms with Gasteiger partial charge in [-0.05, 0) is 31.2 Å². The summed E-state index contributed by atoms with van der Waals surface area (Å²) in [6.45, 7) is 1.36. The molecule has 23 heavy (non-hydrogen) atoms. The first kappa shape index (κ1) is 17.1. The molecular formula is C15H18FN3O3S. The zero-order valence-corrected chi connectivity index (χ0v) is 13.9. The van der Waals surface area contributed by atoms with E-state index in [9.17, 15) is 17.6 Å². The zero-order chi connectivity index (χ0) is 17.2. The average Bonchev–Trinajstić information content (AvgIpc) is 2.93. The van der Waals surface area contributed by atoms with Crippen molar-refractivity contribution in [1.29, 1.82) is 0 Å². The maximum Gasteiger partial charge on any atom is 0.240 e. The first-order chi connectivity index (χ1) is 10.7. The van der Waals surface area contributed by atoms with Gasteiger partial charge in [0.15, 0.2) is 9.84 Å². The SMILES string of the molecule is C[C@H](C(=O)N(C)C)S(=O)(=O)Cc1ccn(-c2cccc(F)c2)n1. The molecule has 0 bridgehead atoms. The molecule has 6 nitrogen and oxygen atoms in total. The van der Waals surface area contributed by atoms with E-state index in [2.05, 4.69) is 5.10 Å². The van der Waals surface area contributed by atoms with E-state index in [4.69, 9.17) is 0 Å². The summed E-state index contributed by atoms with van der Waals surface area (Å²) in [4.78, 5) is 13.1. The van der Waals surface area contributed by atoms with Gasteiger partial charge in [-0.1, -0.05) is 6.07 Å². The Kier molecular flexibility index (Phi) is 4.84. The molecule has 0 radical (unpaired) electrons. The lowest BCUT2D eigenvalue weighted by atomic mass is 10.3. The summed E-state index contributed by atoms with van der Waals surface area (Å²) in [5.74, 6) is -1.23. The minimum Gasteiger partial charge on any atom is -0.348 e. The van der Waals surface area contributed by atoms with Gasteiger partial charge in [0.25, 0.3) is 0 Å². The van der Waals surface area contributed by atoms with Gasteiger partial charge in [0, 0.05) is 20.3 Å². The zero-order valence-electron chi connectivity index (χ0n) is 13.1. The summed E-state index contributed by atoms with van der Waals surface area (Å²) in [5.41, 5.74) is 0.790. The van der Waals surface area contributed by atoms with E-state index in [1.165, 1.54) is 48.8 Å². The summed E-state index contributed by atoms with van der Waals surface area (Å²) in [5, 5.41) is 3.00. The second kappa shape index (κ2) is 6.49. The molecule has 0 aliphatic rings. The van der Waals surface area contributed by atoms with Gasteiger partial charge in [0.2, 0.25) is 5.91 Å². The maximum atomic E-state index is 13.2.